The first-order valence-electron chi connectivity index (χ1n) is 5.45. The summed E-state index contributed by atoms with van der Waals surface area (Å²) in [5.41, 5.74) is 8.96. The highest BCUT2D eigenvalue weighted by Crippen LogP contribution is 2.18. The highest BCUT2D eigenvalue weighted by Gasteiger charge is 2.01. The van der Waals surface area contributed by atoms with Crippen LogP contribution in [0.1, 0.15) is 24.5 Å². The van der Waals surface area contributed by atoms with Crippen LogP contribution in [0.2, 0.25) is 0 Å². The Hall–Kier alpha value is -2.04. The minimum Gasteiger partial charge on any atom is -0.493 e. The Labute approximate surface area is 101 Å². The lowest BCUT2D eigenvalue weighted by molar-refractivity contribution is 0.249. The molecule has 0 spiro atoms. The van der Waals surface area contributed by atoms with E-state index < -0.39 is 6.03 Å². The minimum absolute atomic E-state index is 0.646. The molecule has 92 valence electrons. The van der Waals surface area contributed by atoms with Gasteiger partial charge < -0.3 is 10.5 Å². The molecule has 5 nitrogen and oxygen atoms in total. The number of hydrogen-bond donors (Lipinski definition) is 2. The van der Waals surface area contributed by atoms with E-state index in [1.807, 2.05) is 32.0 Å². The lowest BCUT2D eigenvalue weighted by atomic mass is 10.1. The molecule has 3 N–H and O–H groups in total. The summed E-state index contributed by atoms with van der Waals surface area (Å²) in [6.45, 7) is 4.66. The van der Waals surface area contributed by atoms with Gasteiger partial charge in [-0.3, -0.25) is 0 Å². The number of carbonyl (C=O) groups excluding carboxylic acids is 1. The smallest absolute Gasteiger partial charge is 0.332 e. The highest BCUT2D eigenvalue weighted by atomic mass is 16.5. The fourth-order valence-electron chi connectivity index (χ4n) is 1.28. The van der Waals surface area contributed by atoms with Crippen LogP contribution in [0.4, 0.5) is 4.79 Å². The molecule has 1 aromatic carbocycles. The maximum atomic E-state index is 10.5. The zero-order valence-corrected chi connectivity index (χ0v) is 10.1. The minimum atomic E-state index is -0.690. The molecule has 2 amide bonds. The third-order valence-corrected chi connectivity index (χ3v) is 2.01. The average Bonchev–Trinajstić information content (AvgIpc) is 2.27. The molecule has 0 saturated carbocycles. The van der Waals surface area contributed by atoms with Crippen LogP contribution in [0, 0.1) is 6.92 Å². The normalized spacial score (nSPS) is 10.5. The quantitative estimate of drug-likeness (QED) is 0.603. The van der Waals surface area contributed by atoms with Gasteiger partial charge in [-0.1, -0.05) is 18.6 Å². The highest BCUT2D eigenvalue weighted by molar-refractivity contribution is 5.85. The molecule has 1 rings (SSSR count). The Morgan fingerprint density at radius 3 is 3.00 bits per heavy atom. The van der Waals surface area contributed by atoms with Crippen molar-refractivity contribution in [2.75, 3.05) is 6.61 Å². The van der Waals surface area contributed by atoms with Crippen molar-refractivity contribution in [3.8, 4) is 5.75 Å². The largest absolute Gasteiger partial charge is 0.493 e. The molecule has 17 heavy (non-hydrogen) atoms. The molecule has 0 bridgehead atoms. The maximum absolute atomic E-state index is 10.5. The van der Waals surface area contributed by atoms with Crippen molar-refractivity contribution in [3.63, 3.8) is 0 Å². The number of nitrogens with two attached hydrogens (primary N) is 1. The van der Waals surface area contributed by atoms with Crippen LogP contribution < -0.4 is 15.9 Å². The number of nitrogens with one attached hydrogen (secondary N) is 1. The summed E-state index contributed by atoms with van der Waals surface area (Å²) in [4.78, 5) is 10.5. The van der Waals surface area contributed by atoms with Crippen LogP contribution in [0.3, 0.4) is 0 Å². The average molecular weight is 235 g/mol. The molecule has 0 aliphatic carbocycles. The number of aryl methyl sites for hydroxylation is 1. The van der Waals surface area contributed by atoms with E-state index in [9.17, 15) is 4.79 Å². The van der Waals surface area contributed by atoms with Gasteiger partial charge in [-0.25, -0.2) is 10.2 Å². The summed E-state index contributed by atoms with van der Waals surface area (Å²) in [6, 6.07) is 5.09. The van der Waals surface area contributed by atoms with Crippen molar-refractivity contribution >= 4 is 12.2 Å². The van der Waals surface area contributed by atoms with Gasteiger partial charge in [-0.05, 0) is 25.5 Å². The number of hydrazone groups is 1. The molecule has 0 radical (unpaired) electrons. The van der Waals surface area contributed by atoms with Crippen LogP contribution in [-0.2, 0) is 0 Å². The Balaban J connectivity index is 2.82. The number of amides is 2. The number of urea groups is 1. The van der Waals surface area contributed by atoms with E-state index in [4.69, 9.17) is 10.5 Å². The van der Waals surface area contributed by atoms with Crippen LogP contribution in [0.5, 0.6) is 5.75 Å². The fraction of sp³-hybridized carbons (Fsp3) is 0.333. The van der Waals surface area contributed by atoms with Gasteiger partial charge in [0.2, 0.25) is 0 Å². The number of carbonyl (C=O) groups is 1. The summed E-state index contributed by atoms with van der Waals surface area (Å²) < 4.78 is 5.56. The lowest BCUT2D eigenvalue weighted by Crippen LogP contribution is -2.24. The van der Waals surface area contributed by atoms with E-state index >= 15 is 0 Å². The summed E-state index contributed by atoms with van der Waals surface area (Å²) in [6.07, 6.45) is 2.45. The van der Waals surface area contributed by atoms with Gasteiger partial charge in [0.25, 0.3) is 0 Å². The van der Waals surface area contributed by atoms with Crippen LogP contribution in [0.25, 0.3) is 0 Å². The summed E-state index contributed by atoms with van der Waals surface area (Å²) >= 11 is 0. The second kappa shape index (κ2) is 6.52. The van der Waals surface area contributed by atoms with Gasteiger partial charge in [-0.15, -0.1) is 0 Å². The molecule has 0 saturated heterocycles. The van der Waals surface area contributed by atoms with Crippen LogP contribution in [0.15, 0.2) is 23.3 Å². The molecule has 0 fully saturated rings. The van der Waals surface area contributed by atoms with Gasteiger partial charge in [0.15, 0.2) is 0 Å². The van der Waals surface area contributed by atoms with Gasteiger partial charge >= 0.3 is 6.03 Å². The van der Waals surface area contributed by atoms with Gasteiger partial charge in [-0.2, -0.15) is 5.10 Å². The molecule has 0 aliphatic rings. The lowest BCUT2D eigenvalue weighted by Gasteiger charge is -2.08. The standard InChI is InChI=1S/C12H17N3O2/c1-3-6-17-11-5-4-9(2)7-10(11)8-14-15-12(13)16/h4-5,7-8H,3,6H2,1-2H3,(H3,13,15,16). The Bertz CT molecular complexity index is 416. The van der Waals surface area contributed by atoms with Crippen molar-refractivity contribution < 1.29 is 9.53 Å². The third kappa shape index (κ3) is 4.55. The van der Waals surface area contributed by atoms with E-state index in [1.165, 1.54) is 6.21 Å². The first-order chi connectivity index (χ1) is 8.13. The zero-order valence-electron chi connectivity index (χ0n) is 10.1. The monoisotopic (exact) mass is 235 g/mol. The topological polar surface area (TPSA) is 76.7 Å². The summed E-state index contributed by atoms with van der Waals surface area (Å²) in [7, 11) is 0. The number of ether oxygens (including phenoxy) is 1. The van der Waals surface area contributed by atoms with Crippen LogP contribution >= 0.6 is 0 Å². The molecule has 0 heterocycles. The maximum Gasteiger partial charge on any atom is 0.332 e. The molecule has 0 unspecified atom stereocenters. The van der Waals surface area contributed by atoms with Gasteiger partial charge in [0.05, 0.1) is 12.8 Å². The second-order valence-corrected chi connectivity index (χ2v) is 3.62. The van der Waals surface area contributed by atoms with Crippen molar-refractivity contribution in [3.05, 3.63) is 29.3 Å². The van der Waals surface area contributed by atoms with E-state index in [1.54, 1.807) is 0 Å². The number of benzene rings is 1. The predicted octanol–water partition coefficient (Wildman–Crippen LogP) is 1.79. The fourth-order valence-corrected chi connectivity index (χ4v) is 1.28. The first kappa shape index (κ1) is 13.0. The third-order valence-electron chi connectivity index (χ3n) is 2.01. The van der Waals surface area contributed by atoms with E-state index in [0.29, 0.717) is 6.61 Å². The van der Waals surface area contributed by atoms with Gasteiger partial charge in [0.1, 0.15) is 5.75 Å². The molecule has 1 aromatic rings. The van der Waals surface area contributed by atoms with E-state index in [0.717, 1.165) is 23.3 Å². The number of nitrogens with zero attached hydrogens (tertiary/aromatic N) is 1. The molecular weight excluding hydrogens is 218 g/mol. The number of rotatable bonds is 5. The molecular formula is C12H17N3O2. The Morgan fingerprint density at radius 2 is 2.35 bits per heavy atom. The van der Waals surface area contributed by atoms with Crippen molar-refractivity contribution in [1.82, 2.24) is 5.43 Å². The van der Waals surface area contributed by atoms with E-state index in [2.05, 4.69) is 10.5 Å². The first-order valence-corrected chi connectivity index (χ1v) is 5.45. The summed E-state index contributed by atoms with van der Waals surface area (Å²) in [5.74, 6) is 0.743. The predicted molar refractivity (Wildman–Crippen MR) is 67.3 cm³/mol. The van der Waals surface area contributed by atoms with Crippen LogP contribution in [-0.4, -0.2) is 18.9 Å². The Morgan fingerprint density at radius 1 is 1.59 bits per heavy atom. The van der Waals surface area contributed by atoms with Crippen molar-refractivity contribution in [2.45, 2.75) is 20.3 Å². The molecule has 0 aromatic heterocycles. The summed E-state index contributed by atoms with van der Waals surface area (Å²) in [5, 5.41) is 3.72. The van der Waals surface area contributed by atoms with Crippen molar-refractivity contribution in [1.29, 1.82) is 0 Å². The molecule has 0 aliphatic heterocycles. The number of hydrogen-bond acceptors (Lipinski definition) is 3. The molecule has 0 atom stereocenters. The van der Waals surface area contributed by atoms with E-state index in [-0.39, 0.29) is 0 Å². The van der Waals surface area contributed by atoms with Crippen molar-refractivity contribution in [2.24, 2.45) is 10.8 Å². The molecule has 5 heteroatoms. The Kier molecular flexibility index (Phi) is 5.00. The number of primary amides is 1. The van der Waals surface area contributed by atoms with Gasteiger partial charge in [0, 0.05) is 5.56 Å². The SMILES string of the molecule is CCCOc1ccc(C)cc1C=NNC(N)=O. The second-order valence-electron chi connectivity index (χ2n) is 3.62. The zero-order chi connectivity index (χ0) is 12.7.